The summed E-state index contributed by atoms with van der Waals surface area (Å²) in [5.41, 5.74) is 4.33. The van der Waals surface area contributed by atoms with Crippen LogP contribution < -0.4 is 29.6 Å². The van der Waals surface area contributed by atoms with Crippen LogP contribution in [0.1, 0.15) is 60.8 Å². The van der Waals surface area contributed by atoms with Crippen molar-refractivity contribution in [3.63, 3.8) is 0 Å². The molecule has 0 amide bonds. The van der Waals surface area contributed by atoms with Crippen LogP contribution in [0, 0.1) is 23.7 Å². The van der Waals surface area contributed by atoms with Crippen LogP contribution >= 0.6 is 0 Å². The van der Waals surface area contributed by atoms with Gasteiger partial charge in [-0.25, -0.2) is 0 Å². The van der Waals surface area contributed by atoms with Crippen molar-refractivity contribution in [1.29, 1.82) is 0 Å². The van der Waals surface area contributed by atoms with E-state index in [2.05, 4.69) is 103 Å². The third kappa shape index (κ3) is 21.7. The van der Waals surface area contributed by atoms with Crippen molar-refractivity contribution < 1.29 is 18.9 Å². The van der Waals surface area contributed by atoms with Crippen LogP contribution in [0.15, 0.2) is 219 Å². The molecule has 0 aliphatic carbocycles. The molecular formula is C72H80N8O4. The van der Waals surface area contributed by atoms with Crippen molar-refractivity contribution in [2.45, 2.75) is 38.5 Å². The lowest BCUT2D eigenvalue weighted by atomic mass is 9.96. The third-order valence-electron chi connectivity index (χ3n) is 14.7. The van der Waals surface area contributed by atoms with Gasteiger partial charge in [-0.05, 0) is 198 Å². The Bertz CT molecular complexity index is 3270. The highest BCUT2D eigenvalue weighted by Gasteiger charge is 2.16. The minimum atomic E-state index is 0.637. The summed E-state index contributed by atoms with van der Waals surface area (Å²) in [6, 6.07) is 47.2. The maximum atomic E-state index is 5.82. The number of ether oxygens (including phenoxy) is 4. The van der Waals surface area contributed by atoms with Gasteiger partial charge in [-0.3, -0.25) is 19.9 Å². The van der Waals surface area contributed by atoms with E-state index in [-0.39, 0.29) is 0 Å². The van der Waals surface area contributed by atoms with Gasteiger partial charge in [0, 0.05) is 50.3 Å². The van der Waals surface area contributed by atoms with E-state index in [4.69, 9.17) is 18.9 Å². The lowest BCUT2D eigenvalue weighted by Crippen LogP contribution is -2.40. The number of benzene rings is 4. The monoisotopic (exact) mass is 1120 g/mol. The summed E-state index contributed by atoms with van der Waals surface area (Å²) in [5, 5.41) is 6.63. The highest BCUT2D eigenvalue weighted by atomic mass is 16.5. The molecule has 0 spiro atoms. The molecule has 4 aliphatic rings. The quantitative estimate of drug-likeness (QED) is 0.0959. The molecule has 4 saturated heterocycles. The Morgan fingerprint density at radius 1 is 0.357 bits per heavy atom. The smallest absolute Gasteiger partial charge is 0.146 e. The first kappa shape index (κ1) is 60.1. The first-order chi connectivity index (χ1) is 41.4. The molecule has 4 fully saturated rings. The molecule has 0 radical (unpaired) electrons. The van der Waals surface area contributed by atoms with Gasteiger partial charge < -0.3 is 39.4 Å². The predicted molar refractivity (Wildman–Crippen MR) is 342 cm³/mol. The number of piperidine rings is 3. The molecule has 12 heteroatoms. The van der Waals surface area contributed by atoms with Gasteiger partial charge in [-0.15, -0.1) is 0 Å². The molecule has 1 unspecified atom stereocenters. The average molecular weight is 1120 g/mol. The first-order valence-corrected chi connectivity index (χ1v) is 29.6. The molecule has 4 aromatic heterocycles. The second kappa shape index (κ2) is 33.6. The summed E-state index contributed by atoms with van der Waals surface area (Å²) in [5.74, 6) is 9.04. The normalized spacial score (nSPS) is 17.0. The maximum Gasteiger partial charge on any atom is 0.146 e. The SMILES string of the molecule is C(=C\C1CCNCC1)/c1cncc(Oc2ccccc2)c1.C(=C\C1CNC1)/c1cncc(Oc2ccccc2)c1.CN1CCC(/C=C/c2cncc(Oc3ccccc3)c2)CC1.CN1CCCC(/C=C/c2cncc(Oc3ccccc3)c2)C1. The number of aromatic nitrogens is 4. The largest absolute Gasteiger partial charge is 0.456 e. The molecule has 2 N–H and O–H groups in total. The third-order valence-corrected chi connectivity index (χ3v) is 14.7. The van der Waals surface area contributed by atoms with Crippen molar-refractivity contribution in [3.05, 3.63) is 242 Å². The van der Waals surface area contributed by atoms with Gasteiger partial charge in [0.05, 0.1) is 24.8 Å². The minimum absolute atomic E-state index is 0.637. The van der Waals surface area contributed by atoms with E-state index in [1.54, 1.807) is 24.8 Å². The van der Waals surface area contributed by atoms with E-state index in [1.165, 1.54) is 58.2 Å². The summed E-state index contributed by atoms with van der Waals surface area (Å²) in [7, 11) is 4.38. The van der Waals surface area contributed by atoms with Crippen LogP contribution in [0.3, 0.4) is 0 Å². The molecule has 84 heavy (non-hydrogen) atoms. The summed E-state index contributed by atoms with van der Waals surface area (Å²) in [6.07, 6.45) is 39.6. The Morgan fingerprint density at radius 3 is 1.05 bits per heavy atom. The topological polar surface area (TPSA) is 119 Å². The van der Waals surface area contributed by atoms with Gasteiger partial charge in [0.15, 0.2) is 0 Å². The second-order valence-electron chi connectivity index (χ2n) is 21.7. The zero-order chi connectivity index (χ0) is 57.6. The Morgan fingerprint density at radius 2 is 0.702 bits per heavy atom. The Labute approximate surface area is 497 Å². The van der Waals surface area contributed by atoms with E-state index in [1.807, 2.05) is 170 Å². The number of allylic oxidation sites excluding steroid dienone is 2. The summed E-state index contributed by atoms with van der Waals surface area (Å²) in [4.78, 5) is 21.8. The molecule has 432 valence electrons. The minimum Gasteiger partial charge on any atom is -0.456 e. The van der Waals surface area contributed by atoms with Gasteiger partial charge in [0.1, 0.15) is 46.0 Å². The van der Waals surface area contributed by atoms with Crippen LogP contribution in [-0.2, 0) is 0 Å². The summed E-state index contributed by atoms with van der Waals surface area (Å²) >= 11 is 0. The molecule has 0 bridgehead atoms. The number of pyridine rings is 4. The Kier molecular flexibility index (Phi) is 24.0. The van der Waals surface area contributed by atoms with E-state index in [9.17, 15) is 0 Å². The fourth-order valence-electron chi connectivity index (χ4n) is 9.89. The van der Waals surface area contributed by atoms with E-state index in [0.29, 0.717) is 23.7 Å². The maximum absolute atomic E-state index is 5.82. The van der Waals surface area contributed by atoms with Crippen LogP contribution in [-0.4, -0.2) is 96.2 Å². The fourth-order valence-corrected chi connectivity index (χ4v) is 9.89. The number of likely N-dealkylation sites (tertiary alicyclic amines) is 2. The van der Waals surface area contributed by atoms with Gasteiger partial charge in [-0.1, -0.05) is 121 Å². The zero-order valence-electron chi connectivity index (χ0n) is 48.6. The predicted octanol–water partition coefficient (Wildman–Crippen LogP) is 15.5. The molecular weight excluding hydrogens is 1040 g/mol. The number of hydrogen-bond donors (Lipinski definition) is 2. The van der Waals surface area contributed by atoms with Crippen LogP contribution in [0.2, 0.25) is 0 Å². The van der Waals surface area contributed by atoms with Crippen molar-refractivity contribution in [2.24, 2.45) is 23.7 Å². The summed E-state index contributed by atoms with van der Waals surface area (Å²) in [6.45, 7) is 9.11. The number of nitrogens with one attached hydrogen (secondary N) is 2. The molecule has 1 atom stereocenters. The molecule has 12 rings (SSSR count). The van der Waals surface area contributed by atoms with Gasteiger partial charge >= 0.3 is 0 Å². The lowest BCUT2D eigenvalue weighted by Gasteiger charge is -2.27. The highest BCUT2D eigenvalue weighted by molar-refractivity contribution is 5.54. The van der Waals surface area contributed by atoms with E-state index in [0.717, 1.165) is 101 Å². The molecule has 8 heterocycles. The van der Waals surface area contributed by atoms with Crippen molar-refractivity contribution in [3.8, 4) is 46.0 Å². The van der Waals surface area contributed by atoms with Gasteiger partial charge in [-0.2, -0.15) is 0 Å². The molecule has 0 saturated carbocycles. The highest BCUT2D eigenvalue weighted by Crippen LogP contribution is 2.27. The van der Waals surface area contributed by atoms with E-state index >= 15 is 0 Å². The molecule has 4 aromatic carbocycles. The van der Waals surface area contributed by atoms with Crippen LogP contribution in [0.25, 0.3) is 24.3 Å². The standard InChI is InChI=1S/2C19H22N2O.C18H20N2O.C16H16N2O/c1-21-11-5-6-16(15-21)9-10-17-12-19(14-20-13-17)22-18-7-3-2-4-8-18;1-21-11-9-16(10-12-21)7-8-17-13-19(15-20-14-17)22-18-5-3-2-4-6-18;1-2-4-17(5-3-1)21-18-12-16(13-20-14-18)7-6-15-8-10-19-11-9-15;1-2-4-15(5-3-1)19-16-8-13(9-18-12-16)6-7-14-10-17-11-14/h2-4,7-10,12-14,16H,5-6,11,15H2,1H3;2-8,13-16H,9-12H2,1H3;1-7,12-15,19H,8-11H2;1-9,12,14,17H,10-11H2/b10-9+;8-7+;2*7-6+. The molecule has 8 aromatic rings. The number of hydrogen-bond acceptors (Lipinski definition) is 12. The fraction of sp³-hybridized carbons (Fsp3) is 0.278. The van der Waals surface area contributed by atoms with Crippen LogP contribution in [0.5, 0.6) is 46.0 Å². The zero-order valence-corrected chi connectivity index (χ0v) is 48.6. The second-order valence-corrected chi connectivity index (χ2v) is 21.7. The van der Waals surface area contributed by atoms with Crippen molar-refractivity contribution >= 4 is 24.3 Å². The number of para-hydroxylation sites is 4. The Balaban J connectivity index is 0.000000135. The van der Waals surface area contributed by atoms with Crippen molar-refractivity contribution in [1.82, 2.24) is 40.4 Å². The Hall–Kier alpha value is -8.52. The molecule has 4 aliphatic heterocycles. The number of rotatable bonds is 16. The van der Waals surface area contributed by atoms with Gasteiger partial charge in [0.25, 0.3) is 0 Å². The van der Waals surface area contributed by atoms with Gasteiger partial charge in [0.2, 0.25) is 0 Å². The van der Waals surface area contributed by atoms with Crippen LogP contribution in [0.4, 0.5) is 0 Å². The first-order valence-electron chi connectivity index (χ1n) is 29.6. The van der Waals surface area contributed by atoms with E-state index < -0.39 is 0 Å². The molecule has 12 nitrogen and oxygen atoms in total. The summed E-state index contributed by atoms with van der Waals surface area (Å²) < 4.78 is 23.2. The lowest BCUT2D eigenvalue weighted by molar-refractivity contribution is 0.238. The van der Waals surface area contributed by atoms with Crippen molar-refractivity contribution in [2.75, 3.05) is 66.5 Å². The number of nitrogens with zero attached hydrogens (tertiary/aromatic N) is 6. The average Bonchev–Trinajstić information content (AvgIpc) is 3.57.